The van der Waals surface area contributed by atoms with Crippen molar-refractivity contribution in [2.24, 2.45) is 5.11 Å². The molecule has 1 saturated heterocycles. The Labute approximate surface area is 94.5 Å². The highest BCUT2D eigenvalue weighted by Gasteiger charge is 2.36. The molecule has 16 heavy (non-hydrogen) atoms. The molecular weight excluding hydrogens is 206 g/mol. The molecule has 2 heterocycles. The standard InChI is InChI=1S/C11H15N3O2/c1-2-3-4-12-11(15)10-7-9-8-16-6-5-14(9)13-10/h2-3,7H,4-6,8H2,1H3,(H,12,15)/q+1/b3-2+. The third-order valence-electron chi connectivity index (χ3n) is 2.41. The highest BCUT2D eigenvalue weighted by molar-refractivity contribution is 5.93. The van der Waals surface area contributed by atoms with Gasteiger partial charge in [0.1, 0.15) is 13.2 Å². The molecule has 0 bridgehead atoms. The van der Waals surface area contributed by atoms with E-state index in [0.717, 1.165) is 12.6 Å². The van der Waals surface area contributed by atoms with Gasteiger partial charge in [-0.15, -0.1) is 0 Å². The molecule has 1 radical (unpaired) electrons. The molecule has 2 rings (SSSR count). The maximum atomic E-state index is 11.7. The summed E-state index contributed by atoms with van der Waals surface area (Å²) in [4.78, 5) is 11.7. The van der Waals surface area contributed by atoms with Crippen molar-refractivity contribution in [3.63, 3.8) is 0 Å². The third-order valence-corrected chi connectivity index (χ3v) is 2.41. The fourth-order valence-corrected chi connectivity index (χ4v) is 1.56. The summed E-state index contributed by atoms with van der Waals surface area (Å²) in [5.41, 5.74) is 0.463. The number of nitrogens with one attached hydrogen (secondary N) is 1. The van der Waals surface area contributed by atoms with Gasteiger partial charge >= 0.3 is 6.04 Å². The van der Waals surface area contributed by atoms with Gasteiger partial charge in [-0.05, 0) is 6.92 Å². The Morgan fingerprint density at radius 1 is 1.75 bits per heavy atom. The second-order valence-electron chi connectivity index (χ2n) is 3.58. The molecule has 5 heteroatoms. The molecule has 0 spiro atoms. The summed E-state index contributed by atoms with van der Waals surface area (Å²) in [6.45, 7) is 4.37. The second-order valence-corrected chi connectivity index (χ2v) is 3.58. The molecule has 0 saturated carbocycles. The van der Waals surface area contributed by atoms with Crippen LogP contribution in [0.2, 0.25) is 0 Å². The predicted molar refractivity (Wildman–Crippen MR) is 57.5 cm³/mol. The molecule has 0 aromatic heterocycles. The van der Waals surface area contributed by atoms with Gasteiger partial charge in [0, 0.05) is 17.7 Å². The monoisotopic (exact) mass is 221 g/mol. The summed E-state index contributed by atoms with van der Waals surface area (Å²) >= 11 is 0. The Morgan fingerprint density at radius 3 is 3.38 bits per heavy atom. The Morgan fingerprint density at radius 2 is 2.62 bits per heavy atom. The van der Waals surface area contributed by atoms with E-state index < -0.39 is 0 Å². The van der Waals surface area contributed by atoms with Crippen molar-refractivity contribution in [3.8, 4) is 0 Å². The number of azo groups is 2. The van der Waals surface area contributed by atoms with Crippen molar-refractivity contribution in [1.29, 1.82) is 0 Å². The molecule has 0 aliphatic carbocycles. The van der Waals surface area contributed by atoms with Gasteiger partial charge in [0.05, 0.1) is 0 Å². The Hall–Kier alpha value is -1.49. The van der Waals surface area contributed by atoms with Crippen molar-refractivity contribution in [1.82, 2.24) is 5.32 Å². The van der Waals surface area contributed by atoms with E-state index in [-0.39, 0.29) is 5.91 Å². The van der Waals surface area contributed by atoms with Gasteiger partial charge in [0.25, 0.3) is 5.91 Å². The molecule has 1 N–H and O–H groups in total. The van der Waals surface area contributed by atoms with Crippen molar-refractivity contribution in [2.45, 2.75) is 6.92 Å². The summed E-state index contributed by atoms with van der Waals surface area (Å²) in [6.07, 6.45) is 5.56. The predicted octanol–water partition coefficient (Wildman–Crippen LogP) is 0.603. The molecule has 2 aliphatic heterocycles. The maximum absolute atomic E-state index is 11.7. The molecule has 0 aromatic carbocycles. The minimum Gasteiger partial charge on any atom is -0.367 e. The molecular formula is C11H15N3O2+. The molecule has 0 atom stereocenters. The molecule has 85 valence electrons. The van der Waals surface area contributed by atoms with Crippen molar-refractivity contribution in [3.05, 3.63) is 30.0 Å². The van der Waals surface area contributed by atoms with E-state index in [1.165, 1.54) is 0 Å². The smallest absolute Gasteiger partial charge is 0.303 e. The van der Waals surface area contributed by atoms with E-state index in [9.17, 15) is 4.79 Å². The highest BCUT2D eigenvalue weighted by atomic mass is 16.5. The van der Waals surface area contributed by atoms with Gasteiger partial charge in [-0.25, -0.2) is 0 Å². The van der Waals surface area contributed by atoms with Crippen LogP contribution in [0.5, 0.6) is 0 Å². The number of amides is 1. The summed E-state index contributed by atoms with van der Waals surface area (Å²) in [6, 6.07) is 0.961. The number of nitrogens with zero attached hydrogens (tertiary/aromatic N) is 2. The first kappa shape index (κ1) is 11.0. The largest absolute Gasteiger partial charge is 0.367 e. The lowest BCUT2D eigenvalue weighted by Crippen LogP contribution is -2.28. The van der Waals surface area contributed by atoms with Crippen LogP contribution >= 0.6 is 0 Å². The van der Waals surface area contributed by atoms with Crippen molar-refractivity contribution in [2.75, 3.05) is 26.3 Å². The Balaban J connectivity index is 1.95. The highest BCUT2D eigenvalue weighted by Crippen LogP contribution is 2.21. The first-order chi connectivity index (χ1) is 7.81. The topological polar surface area (TPSA) is 53.7 Å². The maximum Gasteiger partial charge on any atom is 0.303 e. The van der Waals surface area contributed by atoms with E-state index in [2.05, 4.69) is 10.4 Å². The zero-order valence-corrected chi connectivity index (χ0v) is 9.27. The van der Waals surface area contributed by atoms with Gasteiger partial charge in [0.15, 0.2) is 12.2 Å². The summed E-state index contributed by atoms with van der Waals surface area (Å²) in [5, 5.41) is 7.00. The first-order valence-corrected chi connectivity index (χ1v) is 5.35. The summed E-state index contributed by atoms with van der Waals surface area (Å²) in [5.74, 6) is -0.139. The normalized spacial score (nSPS) is 20.6. The molecule has 1 fully saturated rings. The van der Waals surface area contributed by atoms with Crippen LogP contribution in [0.15, 0.2) is 29.0 Å². The summed E-state index contributed by atoms with van der Waals surface area (Å²) < 4.78 is 7.11. The molecule has 1 amide bonds. The Kier molecular flexibility index (Phi) is 3.46. The number of ether oxygens (including phenoxy) is 1. The lowest BCUT2D eigenvalue weighted by Gasteiger charge is -2.09. The number of carbonyl (C=O) groups excluding carboxylic acids is 1. The Bertz CT molecular complexity index is 371. The number of hydrogen-bond donors (Lipinski definition) is 1. The van der Waals surface area contributed by atoms with Crippen LogP contribution in [-0.2, 0) is 9.53 Å². The minimum atomic E-state index is -0.139. The fourth-order valence-electron chi connectivity index (χ4n) is 1.56. The lowest BCUT2D eigenvalue weighted by atomic mass is 10.2. The van der Waals surface area contributed by atoms with Gasteiger partial charge < -0.3 is 10.1 Å². The quantitative estimate of drug-likeness (QED) is 0.560. The van der Waals surface area contributed by atoms with E-state index in [1.807, 2.05) is 23.8 Å². The van der Waals surface area contributed by atoms with Crippen LogP contribution < -0.4 is 5.32 Å². The van der Waals surface area contributed by atoms with Gasteiger partial charge in [-0.1, -0.05) is 16.8 Å². The average molecular weight is 221 g/mol. The number of morpholine rings is 1. The second kappa shape index (κ2) is 5.03. The zero-order valence-electron chi connectivity index (χ0n) is 9.27. The van der Waals surface area contributed by atoms with Gasteiger partial charge in [0.2, 0.25) is 0 Å². The van der Waals surface area contributed by atoms with Crippen LogP contribution in [0.3, 0.4) is 0 Å². The van der Waals surface area contributed by atoms with Crippen LogP contribution in [-0.4, -0.2) is 36.9 Å². The van der Waals surface area contributed by atoms with Crippen LogP contribution in [0, 0.1) is 6.04 Å². The average Bonchev–Trinajstić information content (AvgIpc) is 2.73. The SMILES string of the molecule is C/C=C/CNC(=O)C1=C[C]2COCC[N+]2=N1. The number of hydrogen-bond acceptors (Lipinski definition) is 3. The number of rotatable bonds is 3. The van der Waals surface area contributed by atoms with Crippen molar-refractivity contribution >= 4 is 5.91 Å². The van der Waals surface area contributed by atoms with Crippen molar-refractivity contribution < 1.29 is 14.2 Å². The van der Waals surface area contributed by atoms with E-state index in [0.29, 0.717) is 25.5 Å². The first-order valence-electron chi connectivity index (χ1n) is 5.35. The fraction of sp³-hybridized carbons (Fsp3) is 0.455. The molecule has 5 nitrogen and oxygen atoms in total. The molecule has 0 unspecified atom stereocenters. The van der Waals surface area contributed by atoms with Gasteiger partial charge in [-0.2, -0.15) is 0 Å². The van der Waals surface area contributed by atoms with Crippen LogP contribution in [0.1, 0.15) is 6.92 Å². The zero-order chi connectivity index (χ0) is 11.4. The number of allylic oxidation sites excluding steroid dienone is 1. The van der Waals surface area contributed by atoms with Crippen LogP contribution in [0.4, 0.5) is 0 Å². The number of fused-ring (bicyclic) bond motifs is 1. The summed E-state index contributed by atoms with van der Waals surface area (Å²) in [7, 11) is 0. The molecule has 0 aromatic rings. The third kappa shape index (κ3) is 2.36. The van der Waals surface area contributed by atoms with E-state index in [4.69, 9.17) is 4.74 Å². The van der Waals surface area contributed by atoms with Gasteiger partial charge in [-0.3, -0.25) is 4.79 Å². The minimum absolute atomic E-state index is 0.139. The lowest BCUT2D eigenvalue weighted by molar-refractivity contribution is -0.584. The van der Waals surface area contributed by atoms with E-state index >= 15 is 0 Å². The van der Waals surface area contributed by atoms with Crippen LogP contribution in [0.25, 0.3) is 0 Å². The molecule has 2 aliphatic rings. The number of carbonyl (C=O) groups is 1. The van der Waals surface area contributed by atoms with E-state index in [1.54, 1.807) is 6.08 Å².